The Kier molecular flexibility index (Phi) is 5.39. The number of methoxy groups -OCH3 is 1. The molecule has 1 aliphatic heterocycles. The van der Waals surface area contributed by atoms with Crippen LogP contribution < -0.4 is 19.7 Å². The lowest BCUT2D eigenvalue weighted by Crippen LogP contribution is -2.48. The normalized spacial score (nSPS) is 15.7. The zero-order valence-corrected chi connectivity index (χ0v) is 16.8. The Morgan fingerprint density at radius 3 is 2.83 bits per heavy atom. The number of alkyl halides is 2. The van der Waals surface area contributed by atoms with Gasteiger partial charge in [-0.25, -0.2) is 18.7 Å². The number of imidazole rings is 1. The molecule has 0 radical (unpaired) electrons. The fourth-order valence-electron chi connectivity index (χ4n) is 3.40. The highest BCUT2D eigenvalue weighted by molar-refractivity contribution is 5.64. The molecule has 0 aliphatic carbocycles. The minimum absolute atomic E-state index is 0.0962. The summed E-state index contributed by atoms with van der Waals surface area (Å²) in [7, 11) is 1.59. The molecule has 0 saturated carbocycles. The topological polar surface area (TPSA) is 77.3 Å². The molecule has 0 saturated heterocycles. The summed E-state index contributed by atoms with van der Waals surface area (Å²) in [5.74, 6) is 1.65. The number of halogens is 2. The summed E-state index contributed by atoms with van der Waals surface area (Å²) >= 11 is 0. The van der Waals surface area contributed by atoms with Crippen molar-refractivity contribution in [1.82, 2.24) is 19.5 Å². The highest BCUT2D eigenvalue weighted by Crippen LogP contribution is 2.34. The van der Waals surface area contributed by atoms with Crippen molar-refractivity contribution in [2.75, 3.05) is 30.5 Å². The third-order valence-corrected chi connectivity index (χ3v) is 4.88. The van der Waals surface area contributed by atoms with Gasteiger partial charge in [-0.05, 0) is 26.0 Å². The Morgan fingerprint density at radius 2 is 2.17 bits per heavy atom. The van der Waals surface area contributed by atoms with E-state index in [-0.39, 0.29) is 12.6 Å². The van der Waals surface area contributed by atoms with Crippen LogP contribution >= 0.6 is 0 Å². The van der Waals surface area contributed by atoms with Crippen LogP contribution in [0.4, 0.5) is 26.2 Å². The Hall–Kier alpha value is -3.43. The molecule has 3 aromatic rings. The minimum Gasteiger partial charge on any atom is -0.494 e. The minimum atomic E-state index is -2.53. The van der Waals surface area contributed by atoms with Gasteiger partial charge in [0.1, 0.15) is 18.4 Å². The van der Waals surface area contributed by atoms with Gasteiger partial charge in [0.2, 0.25) is 5.95 Å². The van der Waals surface area contributed by atoms with E-state index in [1.165, 1.54) is 6.20 Å². The molecule has 158 valence electrons. The van der Waals surface area contributed by atoms with Crippen molar-refractivity contribution in [3.05, 3.63) is 42.6 Å². The molecule has 30 heavy (non-hydrogen) atoms. The highest BCUT2D eigenvalue weighted by atomic mass is 19.3. The third-order valence-electron chi connectivity index (χ3n) is 4.88. The van der Waals surface area contributed by atoms with Crippen LogP contribution in [0.15, 0.2) is 36.9 Å². The lowest BCUT2D eigenvalue weighted by molar-refractivity contribution is 0.0781. The second-order valence-corrected chi connectivity index (χ2v) is 6.81. The van der Waals surface area contributed by atoms with Crippen LogP contribution in [-0.4, -0.2) is 52.2 Å². The number of nitrogens with one attached hydrogen (secondary N) is 1. The fourth-order valence-corrected chi connectivity index (χ4v) is 3.40. The highest BCUT2D eigenvalue weighted by Gasteiger charge is 2.34. The lowest BCUT2D eigenvalue weighted by atomic mass is 10.2. The molecular weight excluding hydrogens is 394 g/mol. The molecule has 1 aliphatic rings. The summed E-state index contributed by atoms with van der Waals surface area (Å²) in [5.41, 5.74) is 2.42. The van der Waals surface area contributed by atoms with Gasteiger partial charge in [-0.2, -0.15) is 4.98 Å². The maximum absolute atomic E-state index is 13.4. The van der Waals surface area contributed by atoms with Crippen LogP contribution in [0.2, 0.25) is 0 Å². The van der Waals surface area contributed by atoms with Gasteiger partial charge in [-0.15, -0.1) is 0 Å². The number of nitrogens with zero attached hydrogens (tertiary/aromatic N) is 5. The molecule has 2 aromatic heterocycles. The van der Waals surface area contributed by atoms with Gasteiger partial charge >= 0.3 is 0 Å². The van der Waals surface area contributed by atoms with E-state index in [1.54, 1.807) is 25.3 Å². The molecular formula is C20H22F2N6O2. The quantitative estimate of drug-likeness (QED) is 0.658. The standard InChI is InChI=1S/C20H22F2N6O2/c1-4-28-15(18(21)22)10-30-17-8-23-20(26-19(17)28)25-13-5-6-14(16(7-13)29-3)27-9-12(2)24-11-27/h5-9,11,15,18H,4,10H2,1-3H3,(H,23,25,26). The zero-order chi connectivity index (χ0) is 21.3. The van der Waals surface area contributed by atoms with Gasteiger partial charge in [0.05, 0.1) is 31.0 Å². The number of anilines is 3. The number of rotatable bonds is 6. The molecule has 0 bridgehead atoms. The van der Waals surface area contributed by atoms with Crippen LogP contribution in [-0.2, 0) is 0 Å². The van der Waals surface area contributed by atoms with Crippen molar-refractivity contribution in [1.29, 1.82) is 0 Å². The molecule has 3 heterocycles. The molecule has 0 amide bonds. The number of aromatic nitrogens is 4. The van der Waals surface area contributed by atoms with Gasteiger partial charge in [0, 0.05) is 24.5 Å². The van der Waals surface area contributed by atoms with Gasteiger partial charge in [-0.1, -0.05) is 0 Å². The summed E-state index contributed by atoms with van der Waals surface area (Å²) < 4.78 is 39.5. The Bertz CT molecular complexity index is 1040. The molecule has 8 nitrogen and oxygen atoms in total. The van der Waals surface area contributed by atoms with Crippen LogP contribution in [0.5, 0.6) is 11.5 Å². The maximum Gasteiger partial charge on any atom is 0.261 e. The second kappa shape index (κ2) is 8.13. The van der Waals surface area contributed by atoms with E-state index >= 15 is 0 Å². The number of ether oxygens (including phenoxy) is 2. The van der Waals surface area contributed by atoms with E-state index in [4.69, 9.17) is 9.47 Å². The van der Waals surface area contributed by atoms with Crippen LogP contribution in [0.3, 0.4) is 0 Å². The molecule has 0 fully saturated rings. The fraction of sp³-hybridized carbons (Fsp3) is 0.350. The predicted octanol–water partition coefficient (Wildman–Crippen LogP) is 3.58. The van der Waals surface area contributed by atoms with Crippen molar-refractivity contribution >= 4 is 17.5 Å². The number of hydrogen-bond donors (Lipinski definition) is 1. The molecule has 1 aromatic carbocycles. The predicted molar refractivity (Wildman–Crippen MR) is 108 cm³/mol. The van der Waals surface area contributed by atoms with Crippen molar-refractivity contribution in [2.24, 2.45) is 0 Å². The average molecular weight is 416 g/mol. The van der Waals surface area contributed by atoms with E-state index in [0.29, 0.717) is 29.5 Å². The largest absolute Gasteiger partial charge is 0.494 e. The van der Waals surface area contributed by atoms with Crippen LogP contribution in [0.1, 0.15) is 12.6 Å². The average Bonchev–Trinajstić information content (AvgIpc) is 3.18. The third kappa shape index (κ3) is 3.72. The first-order valence-corrected chi connectivity index (χ1v) is 9.50. The molecule has 1 unspecified atom stereocenters. The first-order chi connectivity index (χ1) is 14.5. The van der Waals surface area contributed by atoms with Crippen molar-refractivity contribution < 1.29 is 18.3 Å². The van der Waals surface area contributed by atoms with E-state index < -0.39 is 12.5 Å². The Labute approximate surface area is 172 Å². The first kappa shape index (κ1) is 19.9. The van der Waals surface area contributed by atoms with E-state index in [9.17, 15) is 8.78 Å². The first-order valence-electron chi connectivity index (χ1n) is 9.50. The van der Waals surface area contributed by atoms with Crippen LogP contribution in [0, 0.1) is 6.92 Å². The van der Waals surface area contributed by atoms with Gasteiger partial charge in [-0.3, -0.25) is 0 Å². The van der Waals surface area contributed by atoms with Crippen molar-refractivity contribution in [3.8, 4) is 17.2 Å². The number of likely N-dealkylation sites (N-methyl/N-ethyl adjacent to an activating group) is 1. The van der Waals surface area contributed by atoms with Gasteiger partial charge in [0.25, 0.3) is 6.43 Å². The van der Waals surface area contributed by atoms with Crippen molar-refractivity contribution in [3.63, 3.8) is 0 Å². The lowest BCUT2D eigenvalue weighted by Gasteiger charge is -2.36. The van der Waals surface area contributed by atoms with Crippen LogP contribution in [0.25, 0.3) is 5.69 Å². The monoisotopic (exact) mass is 416 g/mol. The Balaban J connectivity index is 1.61. The van der Waals surface area contributed by atoms with E-state index in [2.05, 4.69) is 20.3 Å². The summed E-state index contributed by atoms with van der Waals surface area (Å²) in [6.07, 6.45) is 2.57. The number of fused-ring (bicyclic) bond motifs is 1. The SMILES string of the molecule is CCN1c2nc(Nc3ccc(-n4cnc(C)c4)c(OC)c3)ncc2OCC1C(F)F. The van der Waals surface area contributed by atoms with E-state index in [1.807, 2.05) is 35.9 Å². The van der Waals surface area contributed by atoms with Gasteiger partial charge < -0.3 is 24.3 Å². The molecule has 0 spiro atoms. The smallest absolute Gasteiger partial charge is 0.261 e. The maximum atomic E-state index is 13.4. The molecule has 4 rings (SSSR count). The summed E-state index contributed by atoms with van der Waals surface area (Å²) in [5, 5.41) is 3.10. The number of hydrogen-bond acceptors (Lipinski definition) is 7. The van der Waals surface area contributed by atoms with E-state index in [0.717, 1.165) is 11.4 Å². The van der Waals surface area contributed by atoms with Crippen molar-refractivity contribution in [2.45, 2.75) is 26.3 Å². The number of aryl methyl sites for hydroxylation is 1. The second-order valence-electron chi connectivity index (χ2n) is 6.81. The molecule has 1 atom stereocenters. The zero-order valence-electron chi connectivity index (χ0n) is 16.8. The molecule has 10 heteroatoms. The molecule has 1 N–H and O–H groups in total. The summed E-state index contributed by atoms with van der Waals surface area (Å²) in [4.78, 5) is 14.4. The van der Waals surface area contributed by atoms with Gasteiger partial charge in [0.15, 0.2) is 11.6 Å². The summed E-state index contributed by atoms with van der Waals surface area (Å²) in [6, 6.07) is 4.51. The summed E-state index contributed by atoms with van der Waals surface area (Å²) in [6.45, 7) is 4.00. The Morgan fingerprint density at radius 1 is 1.33 bits per heavy atom. The number of benzene rings is 1.